The number of benzene rings is 1. The molecule has 1 aromatic carbocycles. The highest BCUT2D eigenvalue weighted by molar-refractivity contribution is 5.91. The number of amides is 2. The third kappa shape index (κ3) is 4.23. The molecular weight excluding hydrogens is 406 g/mol. The normalized spacial score (nSPS) is 23.3. The Hall–Kier alpha value is -3.43. The molecule has 2 N–H and O–H groups in total. The zero-order chi connectivity index (χ0) is 22.1. The molecule has 2 amide bonds. The third-order valence-electron chi connectivity index (χ3n) is 5.78. The van der Waals surface area contributed by atoms with Crippen molar-refractivity contribution in [1.82, 2.24) is 15.0 Å². The van der Waals surface area contributed by atoms with Crippen LogP contribution in [-0.2, 0) is 4.79 Å². The van der Waals surface area contributed by atoms with E-state index in [1.165, 1.54) is 29.5 Å². The fourth-order valence-electron chi connectivity index (χ4n) is 4.22. The van der Waals surface area contributed by atoms with E-state index in [0.29, 0.717) is 37.3 Å². The Kier molecular flexibility index (Phi) is 5.62. The molecule has 1 saturated heterocycles. The number of aromatic nitrogens is 2. The lowest BCUT2D eigenvalue weighted by molar-refractivity contribution is -0.139. The van der Waals surface area contributed by atoms with E-state index in [-0.39, 0.29) is 23.4 Å². The molecule has 0 spiro atoms. The summed E-state index contributed by atoms with van der Waals surface area (Å²) in [6.07, 6.45) is 3.83. The molecule has 1 fully saturated rings. The Morgan fingerprint density at radius 3 is 2.55 bits per heavy atom. The number of hydrogen-bond donors (Lipinski definition) is 1. The molecule has 3 atom stereocenters. The largest absolute Gasteiger partial charge is 0.364 e. The van der Waals surface area contributed by atoms with Crippen molar-refractivity contribution in [2.45, 2.75) is 25.8 Å². The van der Waals surface area contributed by atoms with E-state index in [0.717, 1.165) is 6.07 Å². The van der Waals surface area contributed by atoms with E-state index >= 15 is 0 Å². The number of anilines is 1. The summed E-state index contributed by atoms with van der Waals surface area (Å²) in [5, 5.41) is 5.55. The lowest BCUT2D eigenvalue weighted by atomic mass is 9.85. The average Bonchev–Trinajstić information content (AvgIpc) is 3.22. The van der Waals surface area contributed by atoms with E-state index in [1.807, 2.05) is 11.8 Å². The number of carbonyl (C=O) groups is 2. The highest BCUT2D eigenvalue weighted by Crippen LogP contribution is 2.34. The van der Waals surface area contributed by atoms with Crippen LogP contribution < -0.4 is 10.6 Å². The quantitative estimate of drug-likeness (QED) is 0.805. The zero-order valence-electron chi connectivity index (χ0n) is 16.9. The summed E-state index contributed by atoms with van der Waals surface area (Å²) in [4.78, 5) is 34.7. The van der Waals surface area contributed by atoms with Crippen molar-refractivity contribution in [3.63, 3.8) is 0 Å². The second kappa shape index (κ2) is 8.37. The predicted octanol–water partition coefficient (Wildman–Crippen LogP) is 2.28. The zero-order valence-corrected chi connectivity index (χ0v) is 16.9. The van der Waals surface area contributed by atoms with Crippen molar-refractivity contribution < 1.29 is 18.4 Å². The van der Waals surface area contributed by atoms with Gasteiger partial charge >= 0.3 is 0 Å². The van der Waals surface area contributed by atoms with Crippen molar-refractivity contribution in [3.8, 4) is 0 Å². The van der Waals surface area contributed by atoms with E-state index in [1.54, 1.807) is 6.21 Å². The maximum Gasteiger partial charge on any atom is 0.267 e. The van der Waals surface area contributed by atoms with Crippen molar-refractivity contribution >= 4 is 23.8 Å². The number of nitrogens with zero attached hydrogens (tertiary/aromatic N) is 5. The molecule has 0 saturated carbocycles. The van der Waals surface area contributed by atoms with Crippen LogP contribution >= 0.6 is 0 Å². The standard InChI is InChI=1S/C21H22F2N6O2/c1-12-10-28(19-9-17(20(24)30)25-11-26-19)5-3-16(12)21(31)29-18(2-4-27-29)13-6-14(22)8-15(23)7-13/h4,6-9,11-12,16,18H,2-3,5,10H2,1H3,(H2,24,30)/t12-,16+,18-/m0/s1. The molecule has 8 nitrogen and oxygen atoms in total. The number of carbonyl (C=O) groups excluding carboxylic acids is 2. The highest BCUT2D eigenvalue weighted by atomic mass is 19.1. The molecule has 2 aliphatic rings. The molecule has 2 aliphatic heterocycles. The van der Waals surface area contributed by atoms with Crippen LogP contribution in [0.3, 0.4) is 0 Å². The summed E-state index contributed by atoms with van der Waals surface area (Å²) in [5.41, 5.74) is 5.81. The van der Waals surface area contributed by atoms with Crippen LogP contribution in [0.4, 0.5) is 14.6 Å². The molecule has 0 bridgehead atoms. The van der Waals surface area contributed by atoms with Crippen LogP contribution in [0.25, 0.3) is 0 Å². The smallest absolute Gasteiger partial charge is 0.267 e. The van der Waals surface area contributed by atoms with Crippen LogP contribution in [0, 0.1) is 23.5 Å². The van der Waals surface area contributed by atoms with Gasteiger partial charge in [0.2, 0.25) is 5.91 Å². The Morgan fingerprint density at radius 1 is 1.13 bits per heavy atom. The predicted molar refractivity (Wildman–Crippen MR) is 109 cm³/mol. The number of hydrogen-bond acceptors (Lipinski definition) is 6. The molecule has 162 valence electrons. The van der Waals surface area contributed by atoms with E-state index < -0.39 is 23.6 Å². The number of primary amides is 1. The van der Waals surface area contributed by atoms with Gasteiger partial charge in [0.05, 0.1) is 6.04 Å². The summed E-state index contributed by atoms with van der Waals surface area (Å²) < 4.78 is 27.4. The molecule has 2 aromatic rings. The first kappa shape index (κ1) is 20.8. The average molecular weight is 428 g/mol. The van der Waals surface area contributed by atoms with Gasteiger partial charge in [-0.15, -0.1) is 0 Å². The van der Waals surface area contributed by atoms with Gasteiger partial charge in [-0.1, -0.05) is 6.92 Å². The van der Waals surface area contributed by atoms with E-state index in [4.69, 9.17) is 5.73 Å². The molecule has 0 unspecified atom stereocenters. The van der Waals surface area contributed by atoms with Crippen molar-refractivity contribution in [1.29, 1.82) is 0 Å². The molecule has 3 heterocycles. The number of rotatable bonds is 4. The summed E-state index contributed by atoms with van der Waals surface area (Å²) in [6, 6.07) is 4.29. The van der Waals surface area contributed by atoms with Crippen LogP contribution in [0.2, 0.25) is 0 Å². The SMILES string of the molecule is C[C@H]1CN(c2cc(C(N)=O)ncn2)CC[C@H]1C(=O)N1N=CC[C@H]1c1cc(F)cc(F)c1. The Bertz CT molecular complexity index is 1030. The summed E-state index contributed by atoms with van der Waals surface area (Å²) >= 11 is 0. The fourth-order valence-corrected chi connectivity index (χ4v) is 4.22. The highest BCUT2D eigenvalue weighted by Gasteiger charge is 2.38. The van der Waals surface area contributed by atoms with Crippen molar-refractivity contribution in [3.05, 3.63) is 53.5 Å². The second-order valence-electron chi connectivity index (χ2n) is 7.88. The Balaban J connectivity index is 1.48. The van der Waals surface area contributed by atoms with Crippen LogP contribution in [0.5, 0.6) is 0 Å². The number of nitrogens with two attached hydrogens (primary N) is 1. The first-order valence-corrected chi connectivity index (χ1v) is 10.0. The molecular formula is C21H22F2N6O2. The van der Waals surface area contributed by atoms with Crippen LogP contribution in [0.1, 0.15) is 41.9 Å². The van der Waals surface area contributed by atoms with E-state index in [9.17, 15) is 18.4 Å². The summed E-state index contributed by atoms with van der Waals surface area (Å²) in [5.74, 6) is -1.93. The minimum absolute atomic E-state index is 0.0334. The lowest BCUT2D eigenvalue weighted by Crippen LogP contribution is -2.46. The minimum Gasteiger partial charge on any atom is -0.364 e. The second-order valence-corrected chi connectivity index (χ2v) is 7.88. The van der Waals surface area contributed by atoms with E-state index in [2.05, 4.69) is 15.1 Å². The van der Waals surface area contributed by atoms with Crippen molar-refractivity contribution in [2.24, 2.45) is 22.7 Å². The Labute approximate surface area is 177 Å². The number of hydrazone groups is 1. The molecule has 10 heteroatoms. The first-order valence-electron chi connectivity index (χ1n) is 10.0. The molecule has 1 aromatic heterocycles. The monoisotopic (exact) mass is 428 g/mol. The minimum atomic E-state index is -0.684. The van der Waals surface area contributed by atoms with Gasteiger partial charge in [0.15, 0.2) is 0 Å². The molecule has 0 radical (unpaired) electrons. The summed E-state index contributed by atoms with van der Waals surface area (Å²) in [6.45, 7) is 3.05. The van der Waals surface area contributed by atoms with Gasteiger partial charge in [0, 0.05) is 43.8 Å². The lowest BCUT2D eigenvalue weighted by Gasteiger charge is -2.38. The number of halogens is 2. The van der Waals surface area contributed by atoms with Gasteiger partial charge in [-0.3, -0.25) is 9.59 Å². The van der Waals surface area contributed by atoms with Gasteiger partial charge in [-0.25, -0.2) is 23.8 Å². The number of piperidine rings is 1. The van der Waals surface area contributed by atoms with Crippen molar-refractivity contribution in [2.75, 3.05) is 18.0 Å². The molecule has 4 rings (SSSR count). The van der Waals surface area contributed by atoms with Gasteiger partial charge in [-0.05, 0) is 30.0 Å². The topological polar surface area (TPSA) is 105 Å². The van der Waals surface area contributed by atoms with Gasteiger partial charge < -0.3 is 10.6 Å². The fraction of sp³-hybridized carbons (Fsp3) is 0.381. The first-order chi connectivity index (χ1) is 14.8. The van der Waals surface area contributed by atoms with Crippen LogP contribution in [0.15, 0.2) is 35.7 Å². The van der Waals surface area contributed by atoms with Gasteiger partial charge in [0.1, 0.15) is 29.5 Å². The maximum absolute atomic E-state index is 13.7. The maximum atomic E-state index is 13.7. The van der Waals surface area contributed by atoms with Gasteiger partial charge in [0.25, 0.3) is 5.91 Å². The molecule has 31 heavy (non-hydrogen) atoms. The molecule has 0 aliphatic carbocycles. The summed E-state index contributed by atoms with van der Waals surface area (Å²) in [7, 11) is 0. The Morgan fingerprint density at radius 2 is 1.87 bits per heavy atom. The third-order valence-corrected chi connectivity index (χ3v) is 5.78. The van der Waals surface area contributed by atoms with Crippen LogP contribution in [-0.4, -0.2) is 46.1 Å². The van der Waals surface area contributed by atoms with Gasteiger partial charge in [-0.2, -0.15) is 5.10 Å².